The first-order chi connectivity index (χ1) is 9.72. The third-order valence-electron chi connectivity index (χ3n) is 3.14. The van der Waals surface area contributed by atoms with E-state index in [4.69, 9.17) is 18.0 Å². The Morgan fingerprint density at radius 1 is 1.33 bits per heavy atom. The maximum atomic E-state index is 12.4. The van der Waals surface area contributed by atoms with Crippen molar-refractivity contribution in [3.05, 3.63) is 40.7 Å². The van der Waals surface area contributed by atoms with E-state index in [1.54, 1.807) is 32.9 Å². The first-order valence-corrected chi connectivity index (χ1v) is 8.06. The minimum absolute atomic E-state index is 0.153. The number of rotatable bonds is 4. The summed E-state index contributed by atoms with van der Waals surface area (Å²) in [4.78, 5) is 0.394. The fraction of sp³-hybridized carbons (Fsp3) is 0.231. The third-order valence-corrected chi connectivity index (χ3v) is 4.71. The number of hydrogen-bond donors (Lipinski definition) is 3. The number of aryl methyl sites for hydroxylation is 3. The lowest BCUT2D eigenvalue weighted by atomic mass is 10.1. The molecule has 0 saturated carbocycles. The van der Waals surface area contributed by atoms with Crippen LogP contribution in [-0.4, -0.2) is 23.6 Å². The summed E-state index contributed by atoms with van der Waals surface area (Å²) < 4.78 is 27.4. The van der Waals surface area contributed by atoms with Gasteiger partial charge < -0.3 is 5.73 Å². The molecule has 1 heterocycles. The van der Waals surface area contributed by atoms with Crippen molar-refractivity contribution in [2.45, 2.75) is 25.7 Å². The van der Waals surface area contributed by atoms with Gasteiger partial charge in [0.25, 0.3) is 10.0 Å². The van der Waals surface area contributed by atoms with E-state index in [-0.39, 0.29) is 9.88 Å². The fourth-order valence-corrected chi connectivity index (χ4v) is 3.47. The van der Waals surface area contributed by atoms with Crippen LogP contribution in [0.15, 0.2) is 23.1 Å². The van der Waals surface area contributed by atoms with Crippen molar-refractivity contribution >= 4 is 32.9 Å². The van der Waals surface area contributed by atoms with Gasteiger partial charge >= 0.3 is 0 Å². The Morgan fingerprint density at radius 2 is 2.00 bits per heavy atom. The van der Waals surface area contributed by atoms with Crippen LogP contribution < -0.4 is 10.5 Å². The van der Waals surface area contributed by atoms with Gasteiger partial charge in [-0.2, -0.15) is 5.10 Å². The summed E-state index contributed by atoms with van der Waals surface area (Å²) in [5.41, 5.74) is 8.67. The van der Waals surface area contributed by atoms with Crippen LogP contribution in [0.1, 0.15) is 22.5 Å². The van der Waals surface area contributed by atoms with Crippen molar-refractivity contribution in [2.24, 2.45) is 5.73 Å². The van der Waals surface area contributed by atoms with Gasteiger partial charge in [-0.05, 0) is 38.5 Å². The van der Waals surface area contributed by atoms with Crippen molar-refractivity contribution in [2.75, 3.05) is 4.72 Å². The number of anilines is 1. The van der Waals surface area contributed by atoms with E-state index in [1.165, 1.54) is 6.07 Å². The van der Waals surface area contributed by atoms with Crippen LogP contribution in [0.2, 0.25) is 0 Å². The predicted octanol–water partition coefficient (Wildman–Crippen LogP) is 1.77. The maximum Gasteiger partial charge on any atom is 0.262 e. The van der Waals surface area contributed by atoms with Gasteiger partial charge in [0.05, 0.1) is 22.0 Å². The van der Waals surface area contributed by atoms with Crippen LogP contribution in [0.25, 0.3) is 0 Å². The molecular formula is C13H16N4O2S2. The SMILES string of the molecule is Cc1cc(S(=O)(=O)Nc2c(C)n[nH]c2C)ccc1C(N)=S. The normalized spacial score (nSPS) is 11.4. The van der Waals surface area contributed by atoms with Crippen LogP contribution >= 0.6 is 12.2 Å². The molecule has 0 atom stereocenters. The van der Waals surface area contributed by atoms with Crippen molar-refractivity contribution in [3.63, 3.8) is 0 Å². The number of aromatic amines is 1. The van der Waals surface area contributed by atoms with Gasteiger partial charge in [-0.3, -0.25) is 9.82 Å². The number of nitrogens with zero attached hydrogens (tertiary/aromatic N) is 1. The number of nitrogens with two attached hydrogens (primary N) is 1. The van der Waals surface area contributed by atoms with Crippen molar-refractivity contribution < 1.29 is 8.42 Å². The lowest BCUT2D eigenvalue weighted by molar-refractivity contribution is 0.601. The lowest BCUT2D eigenvalue weighted by Crippen LogP contribution is -2.16. The average molecular weight is 324 g/mol. The molecule has 0 amide bonds. The predicted molar refractivity (Wildman–Crippen MR) is 85.9 cm³/mol. The highest BCUT2D eigenvalue weighted by Crippen LogP contribution is 2.22. The van der Waals surface area contributed by atoms with Crippen molar-refractivity contribution in [3.8, 4) is 0 Å². The minimum atomic E-state index is -3.69. The molecule has 0 bridgehead atoms. The Bertz CT molecular complexity index is 790. The number of aromatic nitrogens is 2. The van der Waals surface area contributed by atoms with E-state index in [1.807, 2.05) is 0 Å². The van der Waals surface area contributed by atoms with Gasteiger partial charge in [-0.15, -0.1) is 0 Å². The topological polar surface area (TPSA) is 101 Å². The molecule has 0 unspecified atom stereocenters. The molecule has 0 spiro atoms. The van der Waals surface area contributed by atoms with E-state index in [2.05, 4.69) is 14.9 Å². The van der Waals surface area contributed by atoms with Crippen molar-refractivity contribution in [1.29, 1.82) is 0 Å². The number of benzene rings is 1. The number of thiocarbonyl (C=S) groups is 1. The van der Waals surface area contributed by atoms with Crippen LogP contribution in [0.3, 0.4) is 0 Å². The molecule has 2 rings (SSSR count). The average Bonchev–Trinajstić information content (AvgIpc) is 2.69. The number of sulfonamides is 1. The van der Waals surface area contributed by atoms with Crippen molar-refractivity contribution in [1.82, 2.24) is 10.2 Å². The zero-order valence-corrected chi connectivity index (χ0v) is 13.5. The third kappa shape index (κ3) is 3.06. The van der Waals surface area contributed by atoms with E-state index < -0.39 is 10.0 Å². The number of hydrogen-bond acceptors (Lipinski definition) is 4. The highest BCUT2D eigenvalue weighted by molar-refractivity contribution is 7.92. The lowest BCUT2D eigenvalue weighted by Gasteiger charge is -2.10. The molecule has 0 aliphatic carbocycles. The molecule has 1 aromatic carbocycles. The van der Waals surface area contributed by atoms with Gasteiger partial charge in [0.15, 0.2) is 0 Å². The molecule has 0 aliphatic heterocycles. The molecular weight excluding hydrogens is 308 g/mol. The zero-order chi connectivity index (χ0) is 15.8. The first kappa shape index (κ1) is 15.5. The second kappa shape index (κ2) is 5.45. The summed E-state index contributed by atoms with van der Waals surface area (Å²) in [6.45, 7) is 5.24. The Labute approximate surface area is 128 Å². The molecule has 0 fully saturated rings. The van der Waals surface area contributed by atoms with Gasteiger partial charge in [0.1, 0.15) is 4.99 Å². The van der Waals surface area contributed by atoms with E-state index in [0.717, 1.165) is 0 Å². The summed E-state index contributed by atoms with van der Waals surface area (Å²) in [6.07, 6.45) is 0. The Morgan fingerprint density at radius 3 is 2.48 bits per heavy atom. The van der Waals surface area contributed by atoms with E-state index >= 15 is 0 Å². The van der Waals surface area contributed by atoms with Crippen LogP contribution in [-0.2, 0) is 10.0 Å². The number of H-pyrrole nitrogens is 1. The summed E-state index contributed by atoms with van der Waals surface area (Å²) in [5, 5.41) is 6.70. The summed E-state index contributed by atoms with van der Waals surface area (Å²) in [6, 6.07) is 4.64. The molecule has 21 heavy (non-hydrogen) atoms. The van der Waals surface area contributed by atoms with E-state index in [0.29, 0.717) is 28.2 Å². The number of nitrogens with one attached hydrogen (secondary N) is 2. The molecule has 112 valence electrons. The summed E-state index contributed by atoms with van der Waals surface area (Å²) >= 11 is 4.91. The van der Waals surface area contributed by atoms with Crippen LogP contribution in [0, 0.1) is 20.8 Å². The smallest absolute Gasteiger partial charge is 0.262 e. The second-order valence-corrected chi connectivity index (χ2v) is 6.88. The van der Waals surface area contributed by atoms with Gasteiger partial charge in [0.2, 0.25) is 0 Å². The van der Waals surface area contributed by atoms with E-state index in [9.17, 15) is 8.42 Å². The largest absolute Gasteiger partial charge is 0.389 e. The van der Waals surface area contributed by atoms with Gasteiger partial charge in [-0.1, -0.05) is 18.3 Å². The Balaban J connectivity index is 2.41. The summed E-state index contributed by atoms with van der Waals surface area (Å²) in [5.74, 6) is 0. The van der Waals surface area contributed by atoms with Gasteiger partial charge in [0, 0.05) is 5.56 Å². The second-order valence-electron chi connectivity index (χ2n) is 4.76. The standard InChI is InChI=1S/C13H16N4O2S2/c1-7-6-10(4-5-11(7)13(14)20)21(18,19)17-12-8(2)15-16-9(12)3/h4-6,17H,1-3H3,(H2,14,20)(H,15,16). The zero-order valence-electron chi connectivity index (χ0n) is 11.9. The first-order valence-electron chi connectivity index (χ1n) is 6.17. The Kier molecular flexibility index (Phi) is 4.02. The fourth-order valence-electron chi connectivity index (χ4n) is 1.97. The molecule has 0 aliphatic rings. The van der Waals surface area contributed by atoms with Crippen LogP contribution in [0.5, 0.6) is 0 Å². The maximum absolute atomic E-state index is 12.4. The van der Waals surface area contributed by atoms with Crippen LogP contribution in [0.4, 0.5) is 5.69 Å². The molecule has 6 nitrogen and oxygen atoms in total. The monoisotopic (exact) mass is 324 g/mol. The Hall–Kier alpha value is -1.93. The molecule has 0 saturated heterocycles. The molecule has 8 heteroatoms. The molecule has 4 N–H and O–H groups in total. The quantitative estimate of drug-likeness (QED) is 0.744. The summed E-state index contributed by atoms with van der Waals surface area (Å²) in [7, 11) is -3.69. The molecule has 1 aromatic heterocycles. The highest BCUT2D eigenvalue weighted by atomic mass is 32.2. The molecule has 2 aromatic rings. The van der Waals surface area contributed by atoms with Gasteiger partial charge in [-0.25, -0.2) is 8.42 Å². The minimum Gasteiger partial charge on any atom is -0.389 e. The highest BCUT2D eigenvalue weighted by Gasteiger charge is 2.19. The molecule has 0 radical (unpaired) electrons.